The Hall–Kier alpha value is -6.19. The molecule has 5 heterocycles. The van der Waals surface area contributed by atoms with Gasteiger partial charge in [0.15, 0.2) is 0 Å². The number of carbonyl (C=O) groups excluding carboxylic acids is 4. The van der Waals surface area contributed by atoms with E-state index in [-0.39, 0.29) is 41.2 Å². The van der Waals surface area contributed by atoms with E-state index in [1.807, 2.05) is 28.0 Å². The van der Waals surface area contributed by atoms with E-state index >= 15 is 0 Å². The lowest BCUT2D eigenvalue weighted by atomic mass is 9.96. The van der Waals surface area contributed by atoms with Gasteiger partial charge in [-0.2, -0.15) is 0 Å². The van der Waals surface area contributed by atoms with Crippen LogP contribution in [-0.2, 0) is 19.1 Å². The number of nitrogens with one attached hydrogen (secondary N) is 4. The first kappa shape index (κ1) is 40.2. The highest BCUT2D eigenvalue weighted by Gasteiger charge is 2.42. The molecule has 16 heteroatoms. The van der Waals surface area contributed by atoms with Crippen LogP contribution in [-0.4, -0.2) is 93.1 Å². The highest BCUT2D eigenvalue weighted by molar-refractivity contribution is 5.93. The third-order valence-corrected chi connectivity index (χ3v) is 13.4. The number of benzene rings is 2. The summed E-state index contributed by atoms with van der Waals surface area (Å²) < 4.78 is 16.1. The van der Waals surface area contributed by atoms with Crippen LogP contribution in [0.15, 0.2) is 58.0 Å². The lowest BCUT2D eigenvalue weighted by Crippen LogP contribution is -2.51. The summed E-state index contributed by atoms with van der Waals surface area (Å²) in [5.41, 5.74) is 3.65. The first-order valence-corrected chi connectivity index (χ1v) is 21.6. The number of methoxy groups -OCH3 is 2. The maximum absolute atomic E-state index is 14.0. The van der Waals surface area contributed by atoms with Gasteiger partial charge in [0.2, 0.25) is 17.2 Å². The van der Waals surface area contributed by atoms with Gasteiger partial charge in [-0.05, 0) is 93.5 Å². The lowest BCUT2D eigenvalue weighted by molar-refractivity contribution is -0.136. The highest BCUT2D eigenvalue weighted by atomic mass is 16.5. The number of aromatic nitrogens is 4. The summed E-state index contributed by atoms with van der Waals surface area (Å²) in [6.07, 6.45) is 13.0. The van der Waals surface area contributed by atoms with Crippen molar-refractivity contribution in [3.63, 3.8) is 0 Å². The number of amides is 4. The standard InChI is InChI=1S/C45H52N8O8/c1-59-44(57)50-37(25-9-3-4-10-25)42(55)52-19-7-13-33(52)40-46-23-31(48-40)27-16-18-35-30(21-27)39(54)29-17-15-28(22-36(29)61-35)32-24-47-41(49-32)34-14-8-20-53(34)43(56)38(51-45(58)60-2)26-11-5-6-12-26/h15-18,21-26,33-34,37-38H,3-14,19-20H2,1-2H3,(H,46,48)(H,47,49)(H,50,57)(H,51,58)/t33-,34-,37-,38-/m0/s1. The predicted octanol–water partition coefficient (Wildman–Crippen LogP) is 6.88. The summed E-state index contributed by atoms with van der Waals surface area (Å²) in [4.78, 5) is 86.3. The van der Waals surface area contributed by atoms with E-state index in [0.29, 0.717) is 52.4 Å². The SMILES string of the molecule is COC(=O)N[C@H](C(=O)N1CCC[C@H]1c1ncc(-c2ccc3c(=O)c4cc(-c5cnc([C@@H]6CCCN6C(=O)[C@@H](NC(=O)OC)C6CCCC6)[nH]5)ccc4oc3c2)[nH]1)C1CCCC1. The quantitative estimate of drug-likeness (QED) is 0.107. The van der Waals surface area contributed by atoms with Gasteiger partial charge < -0.3 is 44.3 Å². The number of nitrogens with zero attached hydrogens (tertiary/aromatic N) is 4. The fourth-order valence-electron chi connectivity index (χ4n) is 10.2. The van der Waals surface area contributed by atoms with E-state index in [9.17, 15) is 24.0 Å². The number of aromatic amines is 2. The molecule has 61 heavy (non-hydrogen) atoms. The van der Waals surface area contributed by atoms with Crippen molar-refractivity contribution in [3.05, 3.63) is 70.7 Å². The second-order valence-electron chi connectivity index (χ2n) is 16.9. The van der Waals surface area contributed by atoms with Gasteiger partial charge in [0.25, 0.3) is 0 Å². The van der Waals surface area contributed by atoms with Crippen LogP contribution in [0, 0.1) is 11.8 Å². The zero-order chi connectivity index (χ0) is 42.2. The molecule has 16 nitrogen and oxygen atoms in total. The molecule has 4 N–H and O–H groups in total. The van der Waals surface area contributed by atoms with E-state index in [1.165, 1.54) is 14.2 Å². The number of alkyl carbamates (subject to hydrolysis) is 2. The van der Waals surface area contributed by atoms with E-state index in [0.717, 1.165) is 93.9 Å². The second kappa shape index (κ2) is 17.1. The summed E-state index contributed by atoms with van der Waals surface area (Å²) in [5.74, 6) is 1.22. The summed E-state index contributed by atoms with van der Waals surface area (Å²) in [5, 5.41) is 6.49. The van der Waals surface area contributed by atoms with Crippen LogP contribution in [0.25, 0.3) is 44.5 Å². The first-order chi connectivity index (χ1) is 29.7. The molecule has 0 unspecified atom stereocenters. The van der Waals surface area contributed by atoms with Crippen molar-refractivity contribution in [1.82, 2.24) is 40.4 Å². The number of likely N-dealkylation sites (tertiary alicyclic amines) is 2. The molecule has 9 rings (SSSR count). The van der Waals surface area contributed by atoms with Crippen molar-refractivity contribution >= 4 is 45.9 Å². The van der Waals surface area contributed by atoms with E-state index in [1.54, 1.807) is 30.6 Å². The van der Waals surface area contributed by atoms with E-state index in [4.69, 9.17) is 23.9 Å². The van der Waals surface area contributed by atoms with Crippen LogP contribution < -0.4 is 16.1 Å². The molecule has 320 valence electrons. The van der Waals surface area contributed by atoms with Gasteiger partial charge in [0, 0.05) is 24.2 Å². The van der Waals surface area contributed by atoms with Gasteiger partial charge >= 0.3 is 12.2 Å². The molecule has 2 aromatic carbocycles. The number of ether oxygens (including phenoxy) is 2. The maximum atomic E-state index is 14.0. The van der Waals surface area contributed by atoms with Crippen LogP contribution in [0.4, 0.5) is 9.59 Å². The fourth-order valence-corrected chi connectivity index (χ4v) is 10.2. The zero-order valence-electron chi connectivity index (χ0n) is 34.5. The summed E-state index contributed by atoms with van der Waals surface area (Å²) in [7, 11) is 2.61. The van der Waals surface area contributed by atoms with Gasteiger partial charge in [-0.25, -0.2) is 19.6 Å². The van der Waals surface area contributed by atoms with Crippen molar-refractivity contribution in [2.45, 2.75) is 101 Å². The fraction of sp³-hybridized carbons (Fsp3) is 0.489. The molecule has 2 aliphatic heterocycles. The molecule has 2 aliphatic carbocycles. The molecule has 4 aliphatic rings. The molecule has 5 aromatic rings. The molecule has 4 fully saturated rings. The van der Waals surface area contributed by atoms with Crippen LogP contribution in [0.3, 0.4) is 0 Å². The molecule has 2 saturated carbocycles. The minimum atomic E-state index is -0.647. The number of imidazole rings is 2. The number of fused-ring (bicyclic) bond motifs is 2. The zero-order valence-corrected chi connectivity index (χ0v) is 34.5. The molecule has 0 radical (unpaired) electrons. The Morgan fingerprint density at radius 1 is 0.656 bits per heavy atom. The van der Waals surface area contributed by atoms with Gasteiger partial charge in [-0.15, -0.1) is 0 Å². The Balaban J connectivity index is 0.928. The normalized spacial score (nSPS) is 20.7. The van der Waals surface area contributed by atoms with E-state index in [2.05, 4.69) is 20.6 Å². The Kier molecular flexibility index (Phi) is 11.2. The number of rotatable bonds is 10. The van der Waals surface area contributed by atoms with Crippen molar-refractivity contribution in [3.8, 4) is 22.5 Å². The number of H-pyrrole nitrogens is 2. The third kappa shape index (κ3) is 7.83. The molecular weight excluding hydrogens is 781 g/mol. The monoisotopic (exact) mass is 832 g/mol. The first-order valence-electron chi connectivity index (χ1n) is 21.6. The highest BCUT2D eigenvalue weighted by Crippen LogP contribution is 2.38. The summed E-state index contributed by atoms with van der Waals surface area (Å²) in [6, 6.07) is 9.06. The van der Waals surface area contributed by atoms with Crippen LogP contribution >= 0.6 is 0 Å². The Labute approximate surface area is 352 Å². The van der Waals surface area contributed by atoms with Gasteiger partial charge in [0.1, 0.15) is 34.9 Å². The Bertz CT molecular complexity index is 2520. The van der Waals surface area contributed by atoms with Crippen molar-refractivity contribution in [2.24, 2.45) is 11.8 Å². The lowest BCUT2D eigenvalue weighted by Gasteiger charge is -2.31. The van der Waals surface area contributed by atoms with Crippen LogP contribution in [0.1, 0.15) is 101 Å². The van der Waals surface area contributed by atoms with Gasteiger partial charge in [-0.1, -0.05) is 31.7 Å². The van der Waals surface area contributed by atoms with Gasteiger partial charge in [-0.3, -0.25) is 14.4 Å². The second-order valence-corrected chi connectivity index (χ2v) is 16.9. The molecule has 0 bridgehead atoms. The van der Waals surface area contributed by atoms with Crippen molar-refractivity contribution < 1.29 is 33.1 Å². The minimum Gasteiger partial charge on any atom is -0.456 e. The molecule has 2 saturated heterocycles. The van der Waals surface area contributed by atoms with Crippen molar-refractivity contribution in [2.75, 3.05) is 27.3 Å². The van der Waals surface area contributed by atoms with Crippen LogP contribution in [0.2, 0.25) is 0 Å². The molecule has 4 atom stereocenters. The Morgan fingerprint density at radius 3 is 1.66 bits per heavy atom. The molecular formula is C45H52N8O8. The minimum absolute atomic E-state index is 0.0657. The largest absolute Gasteiger partial charge is 0.456 e. The summed E-state index contributed by atoms with van der Waals surface area (Å²) in [6.45, 7) is 1.14. The van der Waals surface area contributed by atoms with Gasteiger partial charge in [0.05, 0.1) is 60.9 Å². The van der Waals surface area contributed by atoms with Crippen molar-refractivity contribution in [1.29, 1.82) is 0 Å². The summed E-state index contributed by atoms with van der Waals surface area (Å²) >= 11 is 0. The average Bonchev–Trinajstić information content (AvgIpc) is 4.13. The third-order valence-electron chi connectivity index (χ3n) is 13.4. The molecule has 4 amide bonds. The Morgan fingerprint density at radius 2 is 1.15 bits per heavy atom. The van der Waals surface area contributed by atoms with E-state index < -0.39 is 24.3 Å². The topological polar surface area (TPSA) is 205 Å². The average molecular weight is 833 g/mol. The predicted molar refractivity (Wildman–Crippen MR) is 225 cm³/mol. The maximum Gasteiger partial charge on any atom is 0.407 e. The smallest absolute Gasteiger partial charge is 0.407 e. The molecule has 3 aromatic heterocycles. The molecule has 0 spiro atoms. The number of carbonyl (C=O) groups is 4. The number of hydrogen-bond acceptors (Lipinski definition) is 10. The van der Waals surface area contributed by atoms with Crippen LogP contribution in [0.5, 0.6) is 0 Å². The number of hydrogen-bond donors (Lipinski definition) is 4.